The van der Waals surface area contributed by atoms with Crippen LogP contribution < -0.4 is 5.32 Å². The number of carbonyl (C=O) groups excluding carboxylic acids is 1. The van der Waals surface area contributed by atoms with E-state index in [1.165, 1.54) is 22.4 Å². The predicted molar refractivity (Wildman–Crippen MR) is 93.9 cm³/mol. The maximum absolute atomic E-state index is 12.3. The van der Waals surface area contributed by atoms with E-state index in [-0.39, 0.29) is 5.91 Å². The molecular weight excluding hydrogens is 304 g/mol. The summed E-state index contributed by atoms with van der Waals surface area (Å²) in [5, 5.41) is 13.1. The number of fused-ring (bicyclic) bond motifs is 1. The summed E-state index contributed by atoms with van der Waals surface area (Å²) >= 11 is 1.58. The average molecular weight is 324 g/mol. The second-order valence-corrected chi connectivity index (χ2v) is 7.28. The quantitative estimate of drug-likeness (QED) is 0.915. The lowest BCUT2D eigenvalue weighted by atomic mass is 9.96. The number of thiophene rings is 1. The molecule has 1 aromatic heterocycles. The summed E-state index contributed by atoms with van der Waals surface area (Å²) in [4.78, 5) is 13.6. The second-order valence-electron chi connectivity index (χ2n) is 6.17. The first kappa shape index (κ1) is 15.8. The van der Waals surface area contributed by atoms with Crippen molar-refractivity contribution in [3.8, 4) is 6.07 Å². The molecule has 0 spiro atoms. The highest BCUT2D eigenvalue weighted by Crippen LogP contribution is 2.37. The summed E-state index contributed by atoms with van der Waals surface area (Å²) in [5.74, 6) is -0.0525. The maximum Gasteiger partial charge on any atom is 0.229 e. The maximum atomic E-state index is 12.3. The van der Waals surface area contributed by atoms with Gasteiger partial charge in [-0.05, 0) is 61.8 Å². The summed E-state index contributed by atoms with van der Waals surface area (Å²) in [6, 6.07) is 8.38. The number of nitrogens with zero attached hydrogens (tertiary/aromatic N) is 1. The van der Waals surface area contributed by atoms with Crippen molar-refractivity contribution in [1.29, 1.82) is 5.26 Å². The molecule has 118 valence electrons. The van der Waals surface area contributed by atoms with E-state index in [4.69, 9.17) is 0 Å². The highest BCUT2D eigenvalue weighted by molar-refractivity contribution is 7.16. The highest BCUT2D eigenvalue weighted by atomic mass is 32.1. The monoisotopic (exact) mass is 324 g/mol. The lowest BCUT2D eigenvalue weighted by molar-refractivity contribution is -0.115. The molecule has 0 saturated heterocycles. The average Bonchev–Trinajstić information content (AvgIpc) is 2.87. The molecular formula is C19H20N2OS. The Morgan fingerprint density at radius 3 is 2.78 bits per heavy atom. The van der Waals surface area contributed by atoms with Crippen LogP contribution in [0.5, 0.6) is 0 Å². The molecule has 1 aliphatic rings. The summed E-state index contributed by atoms with van der Waals surface area (Å²) in [7, 11) is 0. The van der Waals surface area contributed by atoms with Crippen molar-refractivity contribution in [2.75, 3.05) is 5.32 Å². The third-order valence-electron chi connectivity index (χ3n) is 4.47. The van der Waals surface area contributed by atoms with Gasteiger partial charge in [0.15, 0.2) is 0 Å². The Kier molecular flexibility index (Phi) is 4.49. The SMILES string of the molecule is Cc1ccc(CC(=O)Nc2sc3c(c2C#N)CCCC3)cc1C. The number of nitriles is 1. The third kappa shape index (κ3) is 3.30. The van der Waals surface area contributed by atoms with Crippen molar-refractivity contribution in [1.82, 2.24) is 0 Å². The van der Waals surface area contributed by atoms with Gasteiger partial charge in [0.05, 0.1) is 12.0 Å². The normalized spacial score (nSPS) is 13.3. The van der Waals surface area contributed by atoms with Crippen LogP contribution in [0.4, 0.5) is 5.00 Å². The third-order valence-corrected chi connectivity index (χ3v) is 5.68. The fourth-order valence-corrected chi connectivity index (χ4v) is 4.30. The van der Waals surface area contributed by atoms with Gasteiger partial charge in [-0.3, -0.25) is 4.79 Å². The molecule has 0 atom stereocenters. The van der Waals surface area contributed by atoms with E-state index in [2.05, 4.69) is 31.3 Å². The van der Waals surface area contributed by atoms with Crippen molar-refractivity contribution in [2.45, 2.75) is 46.0 Å². The van der Waals surface area contributed by atoms with Crippen LogP contribution in [0.15, 0.2) is 18.2 Å². The van der Waals surface area contributed by atoms with Crippen LogP contribution in [-0.4, -0.2) is 5.91 Å². The van der Waals surface area contributed by atoms with Gasteiger partial charge < -0.3 is 5.32 Å². The van der Waals surface area contributed by atoms with Gasteiger partial charge in [0.1, 0.15) is 11.1 Å². The zero-order valence-electron chi connectivity index (χ0n) is 13.5. The molecule has 2 aromatic rings. The van der Waals surface area contributed by atoms with Gasteiger partial charge in [0, 0.05) is 4.88 Å². The summed E-state index contributed by atoms with van der Waals surface area (Å²) < 4.78 is 0. The Hall–Kier alpha value is -2.12. The van der Waals surface area contributed by atoms with E-state index in [1.807, 2.05) is 12.1 Å². The van der Waals surface area contributed by atoms with Crippen molar-refractivity contribution in [2.24, 2.45) is 0 Å². The van der Waals surface area contributed by atoms with Crippen LogP contribution in [0.1, 0.15) is 45.5 Å². The van der Waals surface area contributed by atoms with E-state index in [1.54, 1.807) is 11.3 Å². The van der Waals surface area contributed by atoms with Gasteiger partial charge in [-0.25, -0.2) is 0 Å². The molecule has 1 N–H and O–H groups in total. The van der Waals surface area contributed by atoms with E-state index in [0.29, 0.717) is 12.0 Å². The summed E-state index contributed by atoms with van der Waals surface area (Å²) in [6.45, 7) is 4.12. The molecule has 0 unspecified atom stereocenters. The number of anilines is 1. The highest BCUT2D eigenvalue weighted by Gasteiger charge is 2.21. The topological polar surface area (TPSA) is 52.9 Å². The van der Waals surface area contributed by atoms with Gasteiger partial charge >= 0.3 is 0 Å². The standard InChI is InChI=1S/C19H20N2OS/c1-12-7-8-14(9-13(12)2)10-18(22)21-19-16(11-20)15-5-3-4-6-17(15)23-19/h7-9H,3-6,10H2,1-2H3,(H,21,22). The Morgan fingerprint density at radius 2 is 2.04 bits per heavy atom. The van der Waals surface area contributed by atoms with Crippen molar-refractivity contribution < 1.29 is 4.79 Å². The molecule has 23 heavy (non-hydrogen) atoms. The molecule has 0 saturated carbocycles. The van der Waals surface area contributed by atoms with Gasteiger partial charge in [-0.1, -0.05) is 18.2 Å². The van der Waals surface area contributed by atoms with Crippen molar-refractivity contribution in [3.05, 3.63) is 50.9 Å². The molecule has 0 bridgehead atoms. The van der Waals surface area contributed by atoms with Gasteiger partial charge in [-0.15, -0.1) is 11.3 Å². The molecule has 3 rings (SSSR count). The lowest BCUT2D eigenvalue weighted by Crippen LogP contribution is -2.14. The van der Waals surface area contributed by atoms with Crippen LogP contribution >= 0.6 is 11.3 Å². The number of benzene rings is 1. The number of carbonyl (C=O) groups is 1. The molecule has 1 amide bonds. The van der Waals surface area contributed by atoms with Crippen molar-refractivity contribution >= 4 is 22.2 Å². The molecule has 0 aliphatic heterocycles. The summed E-state index contributed by atoms with van der Waals surface area (Å²) in [5.41, 5.74) is 5.26. The zero-order chi connectivity index (χ0) is 16.4. The minimum atomic E-state index is -0.0525. The molecule has 0 fully saturated rings. The molecule has 0 radical (unpaired) electrons. The molecule has 1 aromatic carbocycles. The molecule has 3 nitrogen and oxygen atoms in total. The molecule has 4 heteroatoms. The first-order chi connectivity index (χ1) is 11.1. The number of rotatable bonds is 3. The van der Waals surface area contributed by atoms with E-state index in [0.717, 1.165) is 35.4 Å². The molecule has 1 heterocycles. The van der Waals surface area contributed by atoms with Crippen LogP contribution in [0, 0.1) is 25.2 Å². The van der Waals surface area contributed by atoms with Gasteiger partial charge in [-0.2, -0.15) is 5.26 Å². The predicted octanol–water partition coefficient (Wildman–Crippen LogP) is 4.30. The number of hydrogen-bond acceptors (Lipinski definition) is 3. The number of hydrogen-bond donors (Lipinski definition) is 1. The first-order valence-electron chi connectivity index (χ1n) is 7.99. The number of aryl methyl sites for hydroxylation is 3. The number of nitrogens with one attached hydrogen (secondary N) is 1. The van der Waals surface area contributed by atoms with Crippen LogP contribution in [0.3, 0.4) is 0 Å². The van der Waals surface area contributed by atoms with Crippen molar-refractivity contribution in [3.63, 3.8) is 0 Å². The smallest absolute Gasteiger partial charge is 0.229 e. The van der Waals surface area contributed by atoms with Gasteiger partial charge in [0.25, 0.3) is 0 Å². The largest absolute Gasteiger partial charge is 0.316 e. The van der Waals surface area contributed by atoms with Crippen LogP contribution in [-0.2, 0) is 24.1 Å². The summed E-state index contributed by atoms with van der Waals surface area (Å²) in [6.07, 6.45) is 4.64. The van der Waals surface area contributed by atoms with Gasteiger partial charge in [0.2, 0.25) is 5.91 Å². The Labute approximate surface area is 141 Å². The second kappa shape index (κ2) is 6.55. The van der Waals surface area contributed by atoms with Crippen LogP contribution in [0.2, 0.25) is 0 Å². The lowest BCUT2D eigenvalue weighted by Gasteiger charge is -2.09. The Morgan fingerprint density at radius 1 is 1.26 bits per heavy atom. The molecule has 1 aliphatic carbocycles. The minimum Gasteiger partial charge on any atom is -0.316 e. The zero-order valence-corrected chi connectivity index (χ0v) is 14.3. The van der Waals surface area contributed by atoms with Crippen LogP contribution in [0.25, 0.3) is 0 Å². The fraction of sp³-hybridized carbons (Fsp3) is 0.368. The fourth-order valence-electron chi connectivity index (χ4n) is 3.04. The van der Waals surface area contributed by atoms with E-state index in [9.17, 15) is 10.1 Å². The Bertz CT molecular complexity index is 798. The first-order valence-corrected chi connectivity index (χ1v) is 8.80. The Balaban J connectivity index is 1.76. The van der Waals surface area contributed by atoms with E-state index < -0.39 is 0 Å². The minimum absolute atomic E-state index is 0.0525. The number of amides is 1. The van der Waals surface area contributed by atoms with E-state index >= 15 is 0 Å².